The molecule has 3 rings (SSSR count). The number of carbonyl (C=O) groups excluding carboxylic acids is 2. The predicted octanol–water partition coefficient (Wildman–Crippen LogP) is 2.13. The maximum Gasteiger partial charge on any atom is 0.227 e. The van der Waals surface area contributed by atoms with Gasteiger partial charge in [0.15, 0.2) is 0 Å². The Morgan fingerprint density at radius 2 is 1.54 bits per heavy atom. The van der Waals surface area contributed by atoms with E-state index in [1.54, 1.807) is 6.26 Å². The van der Waals surface area contributed by atoms with Gasteiger partial charge in [-0.3, -0.25) is 9.59 Å². The summed E-state index contributed by atoms with van der Waals surface area (Å²) in [6, 6.07) is 13.5. The first kappa shape index (κ1) is 16.3. The molecule has 1 aliphatic rings. The van der Waals surface area contributed by atoms with E-state index in [4.69, 9.17) is 4.42 Å². The van der Waals surface area contributed by atoms with E-state index in [0.29, 0.717) is 45.4 Å². The van der Waals surface area contributed by atoms with Gasteiger partial charge in [-0.05, 0) is 17.7 Å². The van der Waals surface area contributed by atoms with Crippen LogP contribution in [0.15, 0.2) is 53.1 Å². The smallest absolute Gasteiger partial charge is 0.227 e. The Morgan fingerprint density at radius 1 is 0.875 bits per heavy atom. The highest BCUT2D eigenvalue weighted by Crippen LogP contribution is 2.10. The number of amides is 2. The van der Waals surface area contributed by atoms with Gasteiger partial charge >= 0.3 is 0 Å². The monoisotopic (exact) mass is 326 g/mol. The van der Waals surface area contributed by atoms with Gasteiger partial charge in [0.2, 0.25) is 11.8 Å². The Labute approximate surface area is 141 Å². The van der Waals surface area contributed by atoms with Crippen LogP contribution in [0.25, 0.3) is 0 Å². The summed E-state index contributed by atoms with van der Waals surface area (Å²) in [6.45, 7) is 2.44. The highest BCUT2D eigenvalue weighted by Gasteiger charge is 2.23. The summed E-state index contributed by atoms with van der Waals surface area (Å²) in [7, 11) is 0. The van der Waals surface area contributed by atoms with Crippen molar-refractivity contribution < 1.29 is 14.0 Å². The zero-order valence-electron chi connectivity index (χ0n) is 13.7. The van der Waals surface area contributed by atoms with E-state index in [1.165, 1.54) is 0 Å². The molecule has 0 saturated carbocycles. The van der Waals surface area contributed by atoms with E-state index >= 15 is 0 Å². The largest absolute Gasteiger partial charge is 0.469 e. The van der Waals surface area contributed by atoms with Gasteiger partial charge < -0.3 is 14.2 Å². The second-order valence-electron chi connectivity index (χ2n) is 6.00. The molecule has 0 radical (unpaired) electrons. The maximum absolute atomic E-state index is 12.3. The molecule has 2 amide bonds. The first-order chi connectivity index (χ1) is 11.7. The molecule has 5 nitrogen and oxygen atoms in total. The van der Waals surface area contributed by atoms with Crippen LogP contribution in [0.2, 0.25) is 0 Å². The third-order valence-electron chi connectivity index (χ3n) is 4.35. The van der Waals surface area contributed by atoms with Gasteiger partial charge in [0.1, 0.15) is 5.76 Å². The quantitative estimate of drug-likeness (QED) is 0.846. The second kappa shape index (κ2) is 7.81. The van der Waals surface area contributed by atoms with Crippen LogP contribution in [-0.2, 0) is 22.4 Å². The lowest BCUT2D eigenvalue weighted by Crippen LogP contribution is -2.51. The van der Waals surface area contributed by atoms with Crippen molar-refractivity contribution in [1.82, 2.24) is 9.80 Å². The van der Waals surface area contributed by atoms with Crippen molar-refractivity contribution in [2.75, 3.05) is 26.2 Å². The number of rotatable bonds is 5. The van der Waals surface area contributed by atoms with Gasteiger partial charge in [-0.2, -0.15) is 0 Å². The summed E-state index contributed by atoms with van der Waals surface area (Å²) in [5.41, 5.74) is 1.03. The fourth-order valence-corrected chi connectivity index (χ4v) is 2.93. The Morgan fingerprint density at radius 3 is 2.17 bits per heavy atom. The van der Waals surface area contributed by atoms with Gasteiger partial charge in [-0.15, -0.1) is 0 Å². The number of nitrogens with zero attached hydrogens (tertiary/aromatic N) is 2. The molecule has 5 heteroatoms. The number of piperazine rings is 1. The highest BCUT2D eigenvalue weighted by molar-refractivity contribution is 5.80. The number of hydrogen-bond donors (Lipinski definition) is 0. The molecule has 2 heterocycles. The van der Waals surface area contributed by atoms with Crippen LogP contribution >= 0.6 is 0 Å². The van der Waals surface area contributed by atoms with E-state index in [2.05, 4.69) is 0 Å². The van der Waals surface area contributed by atoms with Crippen LogP contribution in [0.5, 0.6) is 0 Å². The molecule has 2 aromatic rings. The highest BCUT2D eigenvalue weighted by atomic mass is 16.3. The first-order valence-electron chi connectivity index (χ1n) is 8.34. The Balaban J connectivity index is 1.43. The van der Waals surface area contributed by atoms with Gasteiger partial charge in [0.05, 0.1) is 12.7 Å². The molecular formula is C19H22N2O3. The van der Waals surface area contributed by atoms with Crippen molar-refractivity contribution in [1.29, 1.82) is 0 Å². The van der Waals surface area contributed by atoms with Crippen LogP contribution in [0.1, 0.15) is 17.7 Å². The standard InChI is InChI=1S/C19H22N2O3/c22-18(9-8-17-7-4-14-24-17)20-10-12-21(13-11-20)19(23)15-16-5-2-1-3-6-16/h1-7,14H,8-13,15H2. The minimum atomic E-state index is 0.126. The van der Waals surface area contributed by atoms with Gasteiger partial charge in [-0.1, -0.05) is 30.3 Å². The summed E-state index contributed by atoms with van der Waals surface area (Å²) >= 11 is 0. The summed E-state index contributed by atoms with van der Waals surface area (Å²) in [5, 5.41) is 0. The zero-order chi connectivity index (χ0) is 16.8. The average Bonchev–Trinajstić information content (AvgIpc) is 3.14. The summed E-state index contributed by atoms with van der Waals surface area (Å²) < 4.78 is 5.25. The molecule has 0 unspecified atom stereocenters. The third kappa shape index (κ3) is 4.25. The first-order valence-corrected chi connectivity index (χ1v) is 8.34. The predicted molar refractivity (Wildman–Crippen MR) is 90.3 cm³/mol. The molecule has 1 fully saturated rings. The van der Waals surface area contributed by atoms with E-state index in [-0.39, 0.29) is 11.8 Å². The average molecular weight is 326 g/mol. The minimum Gasteiger partial charge on any atom is -0.469 e. The molecule has 0 N–H and O–H groups in total. The number of benzene rings is 1. The SMILES string of the molecule is O=C(CCc1ccco1)N1CCN(C(=O)Cc2ccccc2)CC1. The lowest BCUT2D eigenvalue weighted by molar-refractivity contribution is -0.139. The van der Waals surface area contributed by atoms with Crippen LogP contribution < -0.4 is 0 Å². The zero-order valence-corrected chi connectivity index (χ0v) is 13.7. The molecule has 0 bridgehead atoms. The van der Waals surface area contributed by atoms with Crippen LogP contribution in [0, 0.1) is 0 Å². The lowest BCUT2D eigenvalue weighted by atomic mass is 10.1. The molecule has 1 saturated heterocycles. The van der Waals surface area contributed by atoms with E-state index < -0.39 is 0 Å². The summed E-state index contributed by atoms with van der Waals surface area (Å²) in [4.78, 5) is 28.3. The Hall–Kier alpha value is -2.56. The molecule has 1 aromatic carbocycles. The minimum absolute atomic E-state index is 0.126. The Bertz CT molecular complexity index is 659. The Kier molecular flexibility index (Phi) is 5.31. The fourth-order valence-electron chi connectivity index (χ4n) is 2.93. The van der Waals surface area contributed by atoms with Crippen molar-refractivity contribution in [2.24, 2.45) is 0 Å². The van der Waals surface area contributed by atoms with Crippen LogP contribution in [0.4, 0.5) is 0 Å². The molecule has 0 aliphatic carbocycles. The molecular weight excluding hydrogens is 304 g/mol. The van der Waals surface area contributed by atoms with Crippen LogP contribution in [0.3, 0.4) is 0 Å². The fraction of sp³-hybridized carbons (Fsp3) is 0.368. The van der Waals surface area contributed by atoms with Gasteiger partial charge in [0, 0.05) is 39.0 Å². The van der Waals surface area contributed by atoms with Crippen molar-refractivity contribution in [2.45, 2.75) is 19.3 Å². The van der Waals surface area contributed by atoms with Crippen molar-refractivity contribution in [3.63, 3.8) is 0 Å². The lowest BCUT2D eigenvalue weighted by Gasteiger charge is -2.35. The van der Waals surface area contributed by atoms with Gasteiger partial charge in [0.25, 0.3) is 0 Å². The number of carbonyl (C=O) groups is 2. The normalized spacial score (nSPS) is 14.7. The molecule has 0 spiro atoms. The summed E-state index contributed by atoms with van der Waals surface area (Å²) in [5.74, 6) is 1.09. The number of furan rings is 1. The van der Waals surface area contributed by atoms with Crippen molar-refractivity contribution in [3.8, 4) is 0 Å². The second-order valence-corrected chi connectivity index (χ2v) is 6.00. The maximum atomic E-state index is 12.3. The molecule has 126 valence electrons. The number of hydrogen-bond acceptors (Lipinski definition) is 3. The van der Waals surface area contributed by atoms with Crippen molar-refractivity contribution in [3.05, 3.63) is 60.1 Å². The molecule has 24 heavy (non-hydrogen) atoms. The third-order valence-corrected chi connectivity index (χ3v) is 4.35. The van der Waals surface area contributed by atoms with E-state index in [0.717, 1.165) is 11.3 Å². The molecule has 1 aromatic heterocycles. The summed E-state index contributed by atoms with van der Waals surface area (Å²) in [6.07, 6.45) is 3.12. The number of aryl methyl sites for hydroxylation is 1. The van der Waals surface area contributed by atoms with Crippen molar-refractivity contribution >= 4 is 11.8 Å². The topological polar surface area (TPSA) is 53.8 Å². The van der Waals surface area contributed by atoms with E-state index in [1.807, 2.05) is 52.3 Å². The molecule has 0 atom stereocenters. The molecule has 1 aliphatic heterocycles. The van der Waals surface area contributed by atoms with E-state index in [9.17, 15) is 9.59 Å². The van der Waals surface area contributed by atoms with Gasteiger partial charge in [-0.25, -0.2) is 0 Å². The van der Waals surface area contributed by atoms with Crippen LogP contribution in [-0.4, -0.2) is 47.8 Å².